The average molecular weight is 402 g/mol. The van der Waals surface area contributed by atoms with E-state index in [9.17, 15) is 14.4 Å². The number of hydrogen-bond donors (Lipinski definition) is 2. The van der Waals surface area contributed by atoms with Crippen LogP contribution >= 0.6 is 11.6 Å². The minimum absolute atomic E-state index is 0.0995. The van der Waals surface area contributed by atoms with Crippen LogP contribution in [-0.2, 0) is 4.79 Å². The van der Waals surface area contributed by atoms with Crippen LogP contribution in [0.25, 0.3) is 5.69 Å². The molecule has 2 aliphatic heterocycles. The lowest BCUT2D eigenvalue weighted by Crippen LogP contribution is -2.55. The molecule has 3 heterocycles. The summed E-state index contributed by atoms with van der Waals surface area (Å²) in [7, 11) is 0. The summed E-state index contributed by atoms with van der Waals surface area (Å²) >= 11 is 6.20. The summed E-state index contributed by atoms with van der Waals surface area (Å²) in [5.74, 6) is -0.407. The molecule has 4 amide bonds. The number of carbonyl (C=O) groups excluding carboxylic acids is 3. The summed E-state index contributed by atoms with van der Waals surface area (Å²) < 4.78 is 1.75. The number of nitrogens with zero attached hydrogens (tertiary/aromatic N) is 3. The minimum atomic E-state index is -0.882. The van der Waals surface area contributed by atoms with Gasteiger partial charge in [0, 0.05) is 18.7 Å². The molecule has 2 N–H and O–H groups in total. The number of imide groups is 1. The average Bonchev–Trinajstić information content (AvgIpc) is 3.11. The van der Waals surface area contributed by atoms with Crippen molar-refractivity contribution in [1.82, 2.24) is 25.3 Å². The maximum absolute atomic E-state index is 12.8. The molecule has 0 atom stereocenters. The molecule has 8 nitrogen and oxygen atoms in total. The topological polar surface area (TPSA) is 96.3 Å². The van der Waals surface area contributed by atoms with Gasteiger partial charge in [0.1, 0.15) is 5.54 Å². The Kier molecular flexibility index (Phi) is 4.38. The number of hydrogen-bond acceptors (Lipinski definition) is 4. The van der Waals surface area contributed by atoms with E-state index in [2.05, 4.69) is 15.7 Å². The van der Waals surface area contributed by atoms with Gasteiger partial charge in [-0.1, -0.05) is 11.6 Å². The van der Waals surface area contributed by atoms with Gasteiger partial charge in [-0.15, -0.1) is 0 Å². The second kappa shape index (κ2) is 6.63. The first-order valence-corrected chi connectivity index (χ1v) is 9.43. The van der Waals surface area contributed by atoms with E-state index in [-0.39, 0.29) is 11.8 Å². The quantitative estimate of drug-likeness (QED) is 0.752. The van der Waals surface area contributed by atoms with Crippen LogP contribution in [0, 0.1) is 13.8 Å². The molecule has 1 spiro atoms. The number of carbonyl (C=O) groups is 3. The monoisotopic (exact) mass is 401 g/mol. The number of halogens is 1. The number of amides is 4. The van der Waals surface area contributed by atoms with E-state index in [1.807, 2.05) is 26.0 Å². The number of nitrogens with one attached hydrogen (secondary N) is 2. The number of likely N-dealkylation sites (tertiary alicyclic amines) is 1. The third kappa shape index (κ3) is 2.93. The Balaban J connectivity index is 1.47. The number of piperidine rings is 1. The van der Waals surface area contributed by atoms with Gasteiger partial charge in [0.2, 0.25) is 0 Å². The van der Waals surface area contributed by atoms with Gasteiger partial charge in [0.15, 0.2) is 0 Å². The van der Waals surface area contributed by atoms with E-state index >= 15 is 0 Å². The molecule has 146 valence electrons. The molecule has 2 fully saturated rings. The Bertz CT molecular complexity index is 974. The molecular weight excluding hydrogens is 382 g/mol. The zero-order valence-electron chi connectivity index (χ0n) is 15.6. The van der Waals surface area contributed by atoms with E-state index in [0.29, 0.717) is 36.5 Å². The molecule has 0 radical (unpaired) electrons. The summed E-state index contributed by atoms with van der Waals surface area (Å²) in [6.45, 7) is 4.55. The van der Waals surface area contributed by atoms with Gasteiger partial charge in [0.05, 0.1) is 22.1 Å². The largest absolute Gasteiger partial charge is 0.338 e. The second-order valence-electron chi connectivity index (χ2n) is 7.23. The van der Waals surface area contributed by atoms with Crippen LogP contribution in [0.15, 0.2) is 24.3 Å². The molecule has 9 heteroatoms. The third-order valence-electron chi connectivity index (χ3n) is 5.48. The zero-order valence-corrected chi connectivity index (χ0v) is 16.3. The number of aromatic nitrogens is 2. The van der Waals surface area contributed by atoms with E-state index in [4.69, 9.17) is 11.6 Å². The Morgan fingerprint density at radius 1 is 1.14 bits per heavy atom. The lowest BCUT2D eigenvalue weighted by atomic mass is 9.87. The van der Waals surface area contributed by atoms with E-state index < -0.39 is 11.6 Å². The fourth-order valence-corrected chi connectivity index (χ4v) is 3.89. The zero-order chi connectivity index (χ0) is 20.1. The van der Waals surface area contributed by atoms with Gasteiger partial charge in [-0.25, -0.2) is 9.48 Å². The van der Waals surface area contributed by atoms with Gasteiger partial charge in [-0.2, -0.15) is 5.10 Å². The highest BCUT2D eigenvalue weighted by Gasteiger charge is 2.48. The Morgan fingerprint density at radius 3 is 2.29 bits per heavy atom. The minimum Gasteiger partial charge on any atom is -0.338 e. The molecule has 2 aliphatic rings. The first-order valence-electron chi connectivity index (χ1n) is 9.06. The van der Waals surface area contributed by atoms with Gasteiger partial charge < -0.3 is 10.2 Å². The molecule has 1 aromatic heterocycles. The Labute approximate surface area is 166 Å². The predicted octanol–water partition coefficient (Wildman–Crippen LogP) is 1.96. The van der Waals surface area contributed by atoms with Crippen molar-refractivity contribution in [2.45, 2.75) is 32.2 Å². The van der Waals surface area contributed by atoms with Gasteiger partial charge in [0.25, 0.3) is 11.8 Å². The summed E-state index contributed by atoms with van der Waals surface area (Å²) in [4.78, 5) is 38.0. The molecule has 0 saturated carbocycles. The van der Waals surface area contributed by atoms with Crippen LogP contribution < -0.4 is 10.6 Å². The van der Waals surface area contributed by atoms with Crippen molar-refractivity contribution in [3.05, 3.63) is 46.2 Å². The maximum atomic E-state index is 12.8. The lowest BCUT2D eigenvalue weighted by molar-refractivity contribution is -0.125. The number of aryl methyl sites for hydroxylation is 1. The molecule has 0 bridgehead atoms. The Hall–Kier alpha value is -2.87. The molecule has 4 rings (SSSR count). The summed E-state index contributed by atoms with van der Waals surface area (Å²) in [6, 6.07) is 6.72. The molecule has 2 saturated heterocycles. The summed E-state index contributed by atoms with van der Waals surface area (Å²) in [5.41, 5.74) is 2.10. The number of rotatable bonds is 2. The van der Waals surface area contributed by atoms with Crippen molar-refractivity contribution < 1.29 is 14.4 Å². The van der Waals surface area contributed by atoms with E-state index in [1.54, 1.807) is 21.7 Å². The molecule has 0 unspecified atom stereocenters. The highest BCUT2D eigenvalue weighted by Crippen LogP contribution is 2.27. The summed E-state index contributed by atoms with van der Waals surface area (Å²) in [5, 5.41) is 10.0. The maximum Gasteiger partial charge on any atom is 0.322 e. The predicted molar refractivity (Wildman–Crippen MR) is 103 cm³/mol. The van der Waals surface area contributed by atoms with Crippen molar-refractivity contribution in [3.63, 3.8) is 0 Å². The van der Waals surface area contributed by atoms with Crippen LogP contribution in [0.1, 0.15) is 34.6 Å². The number of urea groups is 1. The lowest BCUT2D eigenvalue weighted by Gasteiger charge is -2.37. The first-order chi connectivity index (χ1) is 13.3. The molecule has 2 aromatic rings. The molecule has 0 aliphatic carbocycles. The van der Waals surface area contributed by atoms with Gasteiger partial charge in [-0.3, -0.25) is 14.9 Å². The van der Waals surface area contributed by atoms with Gasteiger partial charge in [-0.05, 0) is 51.0 Å². The van der Waals surface area contributed by atoms with Crippen molar-refractivity contribution in [1.29, 1.82) is 0 Å². The van der Waals surface area contributed by atoms with Crippen molar-refractivity contribution in [2.24, 2.45) is 0 Å². The smallest absolute Gasteiger partial charge is 0.322 e. The Morgan fingerprint density at radius 2 is 1.79 bits per heavy atom. The normalized spacial score (nSPS) is 18.3. The fraction of sp³-hybridized carbons (Fsp3) is 0.368. The van der Waals surface area contributed by atoms with Crippen LogP contribution in [0.5, 0.6) is 0 Å². The van der Waals surface area contributed by atoms with Gasteiger partial charge >= 0.3 is 6.03 Å². The fourth-order valence-electron chi connectivity index (χ4n) is 3.77. The van der Waals surface area contributed by atoms with Crippen molar-refractivity contribution >= 4 is 29.4 Å². The van der Waals surface area contributed by atoms with Crippen molar-refractivity contribution in [3.8, 4) is 5.69 Å². The molecule has 28 heavy (non-hydrogen) atoms. The van der Waals surface area contributed by atoms with E-state index in [1.165, 1.54) is 0 Å². The number of benzene rings is 1. The SMILES string of the molecule is Cc1nn(-c2ccc(C(=O)N3CCC4(CC3)NC(=O)NC4=O)cc2)c(C)c1Cl. The highest BCUT2D eigenvalue weighted by atomic mass is 35.5. The third-order valence-corrected chi connectivity index (χ3v) is 6.03. The standard InChI is InChI=1S/C19H20ClN5O3/c1-11-15(20)12(2)25(23-11)14-5-3-13(4-6-14)16(26)24-9-7-19(8-10-24)17(27)21-18(28)22-19/h3-6H,7-10H2,1-2H3,(H2,21,22,27,28). The molecular formula is C19H20ClN5O3. The van der Waals surface area contributed by atoms with Crippen LogP contribution in [-0.4, -0.2) is 51.2 Å². The van der Waals surface area contributed by atoms with Crippen LogP contribution in [0.3, 0.4) is 0 Å². The molecule has 1 aromatic carbocycles. The highest BCUT2D eigenvalue weighted by molar-refractivity contribution is 6.31. The van der Waals surface area contributed by atoms with Crippen LogP contribution in [0.4, 0.5) is 4.79 Å². The van der Waals surface area contributed by atoms with Crippen molar-refractivity contribution in [2.75, 3.05) is 13.1 Å². The van der Waals surface area contributed by atoms with E-state index in [0.717, 1.165) is 17.1 Å². The first kappa shape index (κ1) is 18.5. The second-order valence-corrected chi connectivity index (χ2v) is 7.60. The van der Waals surface area contributed by atoms with Crippen LogP contribution in [0.2, 0.25) is 5.02 Å². The summed E-state index contributed by atoms with van der Waals surface area (Å²) in [6.07, 6.45) is 0.803.